The van der Waals surface area contributed by atoms with Crippen molar-refractivity contribution in [2.75, 3.05) is 0 Å². The minimum absolute atomic E-state index is 0.0487. The average Bonchev–Trinajstić information content (AvgIpc) is 2.54. The van der Waals surface area contributed by atoms with E-state index >= 15 is 0 Å². The third-order valence-corrected chi connectivity index (χ3v) is 2.77. The summed E-state index contributed by atoms with van der Waals surface area (Å²) in [4.78, 5) is 33.2. The number of carbonyl (C=O) groups is 2. The summed E-state index contributed by atoms with van der Waals surface area (Å²) in [5, 5.41) is 12.6. The van der Waals surface area contributed by atoms with Crippen LogP contribution in [0.5, 0.6) is 0 Å². The van der Waals surface area contributed by atoms with Gasteiger partial charge in [-0.25, -0.2) is 4.79 Å². The lowest BCUT2D eigenvalue weighted by molar-refractivity contribution is -0.384. The van der Waals surface area contributed by atoms with Gasteiger partial charge >= 0.3 is 6.09 Å². The third kappa shape index (κ3) is 4.14. The number of hydrogen-bond donors (Lipinski definition) is 1. The number of imide groups is 1. The van der Waals surface area contributed by atoms with Crippen LogP contribution in [0.4, 0.5) is 10.5 Å². The topological polar surface area (TPSA) is 98.5 Å². The van der Waals surface area contributed by atoms with Crippen LogP contribution in [0.1, 0.15) is 15.9 Å². The molecule has 0 aromatic heterocycles. The number of alkyl carbamates (subject to hydrolysis) is 1. The summed E-state index contributed by atoms with van der Waals surface area (Å²) in [6.45, 7) is -0.0914. The summed E-state index contributed by atoms with van der Waals surface area (Å²) < 4.78 is 4.88. The van der Waals surface area contributed by atoms with E-state index in [4.69, 9.17) is 4.74 Å². The minimum Gasteiger partial charge on any atom is -0.444 e. The Labute approximate surface area is 125 Å². The lowest BCUT2D eigenvalue weighted by Gasteiger charge is -2.06. The molecule has 0 unspecified atom stereocenters. The number of amides is 2. The molecule has 0 saturated carbocycles. The van der Waals surface area contributed by atoms with Gasteiger partial charge in [0.2, 0.25) is 0 Å². The molecule has 0 saturated heterocycles. The summed E-state index contributed by atoms with van der Waals surface area (Å²) >= 11 is 0. The maximum Gasteiger partial charge on any atom is 0.414 e. The second-order valence-corrected chi connectivity index (χ2v) is 4.32. The molecule has 0 bridgehead atoms. The number of hydrogen-bond acceptors (Lipinski definition) is 5. The highest BCUT2D eigenvalue weighted by molar-refractivity contribution is 6.02. The van der Waals surface area contributed by atoms with Crippen LogP contribution in [-0.2, 0) is 11.3 Å². The van der Waals surface area contributed by atoms with Crippen LogP contribution in [0, 0.1) is 10.1 Å². The van der Waals surface area contributed by atoms with Gasteiger partial charge in [0, 0.05) is 17.7 Å². The number of benzene rings is 2. The van der Waals surface area contributed by atoms with Gasteiger partial charge in [-0.15, -0.1) is 0 Å². The number of rotatable bonds is 4. The average molecular weight is 300 g/mol. The molecule has 0 fully saturated rings. The Balaban J connectivity index is 1.85. The van der Waals surface area contributed by atoms with Crippen LogP contribution in [0.2, 0.25) is 0 Å². The van der Waals surface area contributed by atoms with Crippen molar-refractivity contribution in [1.82, 2.24) is 5.32 Å². The van der Waals surface area contributed by atoms with E-state index < -0.39 is 16.9 Å². The summed E-state index contributed by atoms with van der Waals surface area (Å²) in [5.41, 5.74) is 0.871. The fraction of sp³-hybridized carbons (Fsp3) is 0.0667. The number of non-ortho nitro benzene ring substituents is 1. The van der Waals surface area contributed by atoms with Crippen molar-refractivity contribution in [1.29, 1.82) is 0 Å². The van der Waals surface area contributed by atoms with Crippen LogP contribution >= 0.6 is 0 Å². The number of carbonyl (C=O) groups excluding carboxylic acids is 2. The molecule has 7 nitrogen and oxygen atoms in total. The molecule has 7 heteroatoms. The first-order valence-electron chi connectivity index (χ1n) is 6.33. The molecular weight excluding hydrogens is 288 g/mol. The molecule has 2 aromatic carbocycles. The molecule has 2 amide bonds. The van der Waals surface area contributed by atoms with Gasteiger partial charge in [0.1, 0.15) is 6.61 Å². The zero-order chi connectivity index (χ0) is 15.9. The highest BCUT2D eigenvalue weighted by atomic mass is 16.6. The largest absolute Gasteiger partial charge is 0.444 e. The first-order chi connectivity index (χ1) is 10.6. The van der Waals surface area contributed by atoms with Crippen molar-refractivity contribution in [3.63, 3.8) is 0 Å². The molecule has 112 valence electrons. The van der Waals surface area contributed by atoms with Crippen LogP contribution in [0.15, 0.2) is 54.6 Å². The Kier molecular flexibility index (Phi) is 4.81. The summed E-state index contributed by atoms with van der Waals surface area (Å²) in [6.07, 6.45) is -0.882. The Morgan fingerprint density at radius 3 is 2.27 bits per heavy atom. The summed E-state index contributed by atoms with van der Waals surface area (Å²) in [7, 11) is 0. The van der Waals surface area contributed by atoms with Gasteiger partial charge in [0.25, 0.3) is 11.6 Å². The van der Waals surface area contributed by atoms with Gasteiger partial charge in [-0.05, 0) is 29.8 Å². The number of nitrogens with one attached hydrogen (secondary N) is 1. The Bertz CT molecular complexity index is 683. The smallest absolute Gasteiger partial charge is 0.414 e. The van der Waals surface area contributed by atoms with Gasteiger partial charge in [-0.2, -0.15) is 0 Å². The second kappa shape index (κ2) is 6.98. The van der Waals surface area contributed by atoms with Gasteiger partial charge in [-0.1, -0.05) is 18.2 Å². The monoisotopic (exact) mass is 300 g/mol. The van der Waals surface area contributed by atoms with Crippen molar-refractivity contribution < 1.29 is 19.2 Å². The first kappa shape index (κ1) is 15.2. The van der Waals surface area contributed by atoms with E-state index in [1.165, 1.54) is 24.3 Å². The standard InChI is InChI=1S/C15H12N2O5/c18-14(12-4-2-1-3-5-12)16-15(19)22-10-11-6-8-13(9-7-11)17(20)21/h1-9H,10H2,(H,16,18,19). The van der Waals surface area contributed by atoms with Crippen molar-refractivity contribution >= 4 is 17.7 Å². The predicted octanol–water partition coefficient (Wildman–Crippen LogP) is 2.66. The Hall–Kier alpha value is -3.22. The molecule has 0 spiro atoms. The molecule has 0 radical (unpaired) electrons. The summed E-state index contributed by atoms with van der Waals surface area (Å²) in [5.74, 6) is -0.561. The van der Waals surface area contributed by atoms with E-state index in [9.17, 15) is 19.7 Å². The van der Waals surface area contributed by atoms with Crippen molar-refractivity contribution in [3.8, 4) is 0 Å². The summed E-state index contributed by atoms with van der Waals surface area (Å²) in [6, 6.07) is 13.8. The van der Waals surface area contributed by atoms with Gasteiger partial charge < -0.3 is 4.74 Å². The van der Waals surface area contributed by atoms with E-state index in [0.717, 1.165) is 0 Å². The maximum absolute atomic E-state index is 11.7. The van der Waals surface area contributed by atoms with E-state index in [-0.39, 0.29) is 12.3 Å². The molecule has 0 aliphatic rings. The zero-order valence-electron chi connectivity index (χ0n) is 11.4. The SMILES string of the molecule is O=C(NC(=O)c1ccccc1)OCc1ccc([N+](=O)[O-])cc1. The third-order valence-electron chi connectivity index (χ3n) is 2.77. The van der Waals surface area contributed by atoms with Crippen LogP contribution < -0.4 is 5.32 Å². The number of nitro groups is 1. The quantitative estimate of drug-likeness (QED) is 0.691. The maximum atomic E-state index is 11.7. The van der Waals surface area contributed by atoms with Crippen LogP contribution in [0.25, 0.3) is 0 Å². The van der Waals surface area contributed by atoms with E-state index in [1.54, 1.807) is 30.3 Å². The molecule has 0 aliphatic carbocycles. The van der Waals surface area contributed by atoms with Gasteiger partial charge in [0.15, 0.2) is 0 Å². The molecule has 1 N–H and O–H groups in total. The predicted molar refractivity (Wildman–Crippen MR) is 77.2 cm³/mol. The molecule has 2 aromatic rings. The molecular formula is C15H12N2O5. The van der Waals surface area contributed by atoms with Crippen molar-refractivity contribution in [2.45, 2.75) is 6.61 Å². The van der Waals surface area contributed by atoms with Crippen LogP contribution in [-0.4, -0.2) is 16.9 Å². The van der Waals surface area contributed by atoms with Gasteiger partial charge in [0.05, 0.1) is 4.92 Å². The highest BCUT2D eigenvalue weighted by Crippen LogP contribution is 2.12. The molecule has 22 heavy (non-hydrogen) atoms. The van der Waals surface area contributed by atoms with Crippen LogP contribution in [0.3, 0.4) is 0 Å². The second-order valence-electron chi connectivity index (χ2n) is 4.32. The fourth-order valence-corrected chi connectivity index (χ4v) is 1.65. The van der Waals surface area contributed by atoms with Crippen molar-refractivity contribution in [2.24, 2.45) is 0 Å². The van der Waals surface area contributed by atoms with Crippen molar-refractivity contribution in [3.05, 3.63) is 75.8 Å². The highest BCUT2D eigenvalue weighted by Gasteiger charge is 2.11. The molecule has 2 rings (SSSR count). The van der Waals surface area contributed by atoms with E-state index in [1.807, 2.05) is 0 Å². The lowest BCUT2D eigenvalue weighted by atomic mass is 10.2. The lowest BCUT2D eigenvalue weighted by Crippen LogP contribution is -2.30. The zero-order valence-corrected chi connectivity index (χ0v) is 11.4. The fourth-order valence-electron chi connectivity index (χ4n) is 1.65. The van der Waals surface area contributed by atoms with Gasteiger partial charge in [-0.3, -0.25) is 20.2 Å². The molecule has 0 aliphatic heterocycles. The number of nitrogens with zero attached hydrogens (tertiary/aromatic N) is 1. The molecule has 0 atom stereocenters. The molecule has 0 heterocycles. The first-order valence-corrected chi connectivity index (χ1v) is 6.33. The van der Waals surface area contributed by atoms with E-state index in [2.05, 4.69) is 5.32 Å². The number of nitro benzene ring substituents is 1. The minimum atomic E-state index is -0.882. The number of ether oxygens (including phenoxy) is 1. The Morgan fingerprint density at radius 2 is 1.68 bits per heavy atom. The Morgan fingerprint density at radius 1 is 1.05 bits per heavy atom. The van der Waals surface area contributed by atoms with E-state index in [0.29, 0.717) is 11.1 Å². The normalized spacial score (nSPS) is 9.82.